The molecule has 1 aromatic carbocycles. The number of ketones is 1. The van der Waals surface area contributed by atoms with Crippen molar-refractivity contribution in [3.8, 4) is 0 Å². The van der Waals surface area contributed by atoms with E-state index < -0.39 is 22.1 Å². The number of rotatable bonds is 2. The molecule has 1 N–H and O–H groups in total. The van der Waals surface area contributed by atoms with E-state index in [-0.39, 0.29) is 11.5 Å². The maximum Gasteiger partial charge on any atom is 0.332 e. The summed E-state index contributed by atoms with van der Waals surface area (Å²) in [5.74, 6) is -0.367. The Hall–Kier alpha value is -3.49. The second-order valence-electron chi connectivity index (χ2n) is 7.04. The van der Waals surface area contributed by atoms with Crippen LogP contribution in [0.2, 0.25) is 0 Å². The highest BCUT2D eigenvalue weighted by Gasteiger charge is 2.38. The fourth-order valence-corrected chi connectivity index (χ4v) is 4.02. The van der Waals surface area contributed by atoms with Gasteiger partial charge in [0.15, 0.2) is 5.78 Å². The van der Waals surface area contributed by atoms with E-state index in [1.165, 1.54) is 23.7 Å². The van der Waals surface area contributed by atoms with Crippen LogP contribution in [-0.2, 0) is 18.9 Å². The Morgan fingerprint density at radius 3 is 2.39 bits per heavy atom. The number of hydrogen-bond donors (Lipinski definition) is 1. The average Bonchev–Trinajstić information content (AvgIpc) is 2.69. The predicted molar refractivity (Wildman–Crippen MR) is 101 cm³/mol. The van der Waals surface area contributed by atoms with Gasteiger partial charge in [-0.05, 0) is 18.4 Å². The number of carbonyl (C=O) groups is 1. The number of allylic oxidation sites excluding steroid dienone is 2. The third-order valence-electron chi connectivity index (χ3n) is 5.44. The summed E-state index contributed by atoms with van der Waals surface area (Å²) in [6, 6.07) is 5.85. The highest BCUT2D eigenvalue weighted by Crippen LogP contribution is 2.43. The van der Waals surface area contributed by atoms with Gasteiger partial charge in [0.1, 0.15) is 5.82 Å². The highest BCUT2D eigenvalue weighted by molar-refractivity contribution is 6.00. The Labute approximate surface area is 159 Å². The molecule has 0 bridgehead atoms. The Morgan fingerprint density at radius 2 is 1.75 bits per heavy atom. The van der Waals surface area contributed by atoms with Gasteiger partial charge >= 0.3 is 5.69 Å². The minimum Gasteiger partial charge on any atom is -0.344 e. The van der Waals surface area contributed by atoms with Crippen molar-refractivity contribution < 1.29 is 9.72 Å². The Morgan fingerprint density at radius 1 is 1.07 bits per heavy atom. The van der Waals surface area contributed by atoms with Gasteiger partial charge in [0, 0.05) is 49.8 Å². The zero-order valence-electron chi connectivity index (χ0n) is 15.4. The van der Waals surface area contributed by atoms with E-state index in [4.69, 9.17) is 0 Å². The van der Waals surface area contributed by atoms with Crippen LogP contribution < -0.4 is 16.6 Å². The van der Waals surface area contributed by atoms with Crippen molar-refractivity contribution in [2.45, 2.75) is 25.2 Å². The van der Waals surface area contributed by atoms with Gasteiger partial charge in [-0.1, -0.05) is 12.1 Å². The Kier molecular flexibility index (Phi) is 4.02. The summed E-state index contributed by atoms with van der Waals surface area (Å²) in [5.41, 5.74) is 1.08. The monoisotopic (exact) mass is 382 g/mol. The molecular weight excluding hydrogens is 364 g/mol. The van der Waals surface area contributed by atoms with Crippen LogP contribution in [0, 0.1) is 10.1 Å². The molecule has 0 saturated carbocycles. The molecule has 1 aliphatic carbocycles. The predicted octanol–water partition coefficient (Wildman–Crippen LogP) is 1.56. The molecule has 1 atom stereocenters. The van der Waals surface area contributed by atoms with Crippen molar-refractivity contribution in [2.24, 2.45) is 14.1 Å². The number of nitro groups is 1. The maximum atomic E-state index is 13.0. The van der Waals surface area contributed by atoms with Crippen molar-refractivity contribution in [2.75, 3.05) is 5.32 Å². The number of nitrogens with zero attached hydrogens (tertiary/aromatic N) is 3. The van der Waals surface area contributed by atoms with Gasteiger partial charge in [-0.2, -0.15) is 0 Å². The highest BCUT2D eigenvalue weighted by atomic mass is 16.6. The third kappa shape index (κ3) is 2.50. The van der Waals surface area contributed by atoms with Gasteiger partial charge in [0.05, 0.1) is 10.5 Å². The second kappa shape index (κ2) is 6.29. The molecule has 4 rings (SSSR count). The molecule has 0 saturated heterocycles. The first-order valence-corrected chi connectivity index (χ1v) is 8.88. The van der Waals surface area contributed by atoms with Crippen LogP contribution in [0.3, 0.4) is 0 Å². The molecule has 2 aromatic rings. The lowest BCUT2D eigenvalue weighted by Gasteiger charge is -2.34. The molecule has 0 radical (unpaired) electrons. The van der Waals surface area contributed by atoms with Crippen molar-refractivity contribution in [1.82, 2.24) is 9.13 Å². The molecule has 0 fully saturated rings. The third-order valence-corrected chi connectivity index (χ3v) is 5.44. The summed E-state index contributed by atoms with van der Waals surface area (Å²) >= 11 is 0. The quantitative estimate of drug-likeness (QED) is 0.622. The largest absolute Gasteiger partial charge is 0.344 e. The topological polar surface area (TPSA) is 116 Å². The molecular formula is C19H18N4O5. The first-order chi connectivity index (χ1) is 13.3. The number of Topliss-reactive ketones (excluding diaryl/α,β-unsaturated/α-hetero) is 1. The van der Waals surface area contributed by atoms with E-state index in [9.17, 15) is 24.5 Å². The van der Waals surface area contributed by atoms with Crippen molar-refractivity contribution in [1.29, 1.82) is 0 Å². The van der Waals surface area contributed by atoms with Crippen LogP contribution in [0.5, 0.6) is 0 Å². The van der Waals surface area contributed by atoms with Crippen molar-refractivity contribution in [3.63, 3.8) is 0 Å². The maximum absolute atomic E-state index is 13.0. The fraction of sp³-hybridized carbons (Fsp3) is 0.316. The second-order valence-corrected chi connectivity index (χ2v) is 7.04. The van der Waals surface area contributed by atoms with Crippen LogP contribution in [0.1, 0.15) is 36.3 Å². The lowest BCUT2D eigenvalue weighted by atomic mass is 9.76. The summed E-state index contributed by atoms with van der Waals surface area (Å²) in [7, 11) is 2.96. The number of aromatic nitrogens is 2. The zero-order chi connectivity index (χ0) is 20.2. The van der Waals surface area contributed by atoms with E-state index in [1.807, 2.05) is 0 Å². The molecule has 0 spiro atoms. The number of hydrogen-bond acceptors (Lipinski definition) is 6. The number of benzene rings is 1. The van der Waals surface area contributed by atoms with E-state index in [1.54, 1.807) is 19.2 Å². The standard InChI is InChI=1S/C19H18N4O5/c1-21-17-16(18(25)22(2)19(21)26)14(10-6-8-11(9-7-10)23(27)28)15-12(20-17)4-3-5-13(15)24/h6-9,14,20H,3-5H2,1-2H3/t14-/m1/s1. The van der Waals surface area contributed by atoms with Crippen LogP contribution in [0.25, 0.3) is 0 Å². The SMILES string of the molecule is Cn1c2c(c(=O)n(C)c1=O)[C@H](c1ccc([N+](=O)[O-])cc1)C1=C(CCCC1=O)N2. The summed E-state index contributed by atoms with van der Waals surface area (Å²) in [5, 5.41) is 14.1. The minimum atomic E-state index is -0.676. The van der Waals surface area contributed by atoms with E-state index >= 15 is 0 Å². The van der Waals surface area contributed by atoms with E-state index in [0.717, 1.165) is 4.57 Å². The molecule has 0 unspecified atom stereocenters. The number of non-ortho nitro benzene ring substituents is 1. The number of nitrogens with one attached hydrogen (secondary N) is 1. The van der Waals surface area contributed by atoms with Gasteiger partial charge in [0.25, 0.3) is 11.2 Å². The van der Waals surface area contributed by atoms with Crippen LogP contribution >= 0.6 is 0 Å². The first-order valence-electron chi connectivity index (χ1n) is 8.88. The summed E-state index contributed by atoms with van der Waals surface area (Å²) < 4.78 is 2.37. The molecule has 2 heterocycles. The van der Waals surface area contributed by atoms with Crippen molar-refractivity contribution >= 4 is 17.3 Å². The number of anilines is 1. The van der Waals surface area contributed by atoms with Crippen molar-refractivity contribution in [3.05, 3.63) is 77.6 Å². The molecule has 9 nitrogen and oxygen atoms in total. The summed E-state index contributed by atoms with van der Waals surface area (Å²) in [6.45, 7) is 0. The molecule has 1 aromatic heterocycles. The smallest absolute Gasteiger partial charge is 0.332 e. The first kappa shape index (κ1) is 17.9. The van der Waals surface area contributed by atoms with Gasteiger partial charge in [0.2, 0.25) is 0 Å². The molecule has 0 amide bonds. The van der Waals surface area contributed by atoms with Crippen LogP contribution in [0.4, 0.5) is 11.5 Å². The average molecular weight is 382 g/mol. The van der Waals surface area contributed by atoms with E-state index in [2.05, 4.69) is 5.32 Å². The Balaban J connectivity index is 2.03. The molecule has 144 valence electrons. The molecule has 1 aliphatic heterocycles. The van der Waals surface area contributed by atoms with Crippen LogP contribution in [0.15, 0.2) is 45.1 Å². The summed E-state index contributed by atoms with van der Waals surface area (Å²) in [4.78, 5) is 48.6. The number of carbonyl (C=O) groups excluding carboxylic acids is 1. The lowest BCUT2D eigenvalue weighted by molar-refractivity contribution is -0.384. The molecule has 28 heavy (non-hydrogen) atoms. The Bertz CT molecular complexity index is 1170. The zero-order valence-corrected chi connectivity index (χ0v) is 15.4. The fourth-order valence-electron chi connectivity index (χ4n) is 4.02. The van der Waals surface area contributed by atoms with E-state index in [0.29, 0.717) is 47.5 Å². The van der Waals surface area contributed by atoms with Gasteiger partial charge < -0.3 is 5.32 Å². The van der Waals surface area contributed by atoms with Gasteiger partial charge in [-0.3, -0.25) is 28.8 Å². The molecule has 9 heteroatoms. The molecule has 2 aliphatic rings. The lowest BCUT2D eigenvalue weighted by Crippen LogP contribution is -2.44. The number of fused-ring (bicyclic) bond motifs is 1. The van der Waals surface area contributed by atoms with Gasteiger partial charge in [-0.15, -0.1) is 0 Å². The number of nitro benzene ring substituents is 1. The van der Waals surface area contributed by atoms with Gasteiger partial charge in [-0.25, -0.2) is 4.79 Å². The normalized spacial score (nSPS) is 18.4. The summed E-state index contributed by atoms with van der Waals surface area (Å²) in [6.07, 6.45) is 1.70. The minimum absolute atomic E-state index is 0.0568. The van der Waals surface area contributed by atoms with Crippen LogP contribution in [-0.4, -0.2) is 19.8 Å².